The van der Waals surface area contributed by atoms with Crippen LogP contribution < -0.4 is 15.5 Å². The van der Waals surface area contributed by atoms with Crippen LogP contribution in [0.15, 0.2) is 48.5 Å². The van der Waals surface area contributed by atoms with Crippen molar-refractivity contribution in [3.05, 3.63) is 59.1 Å². The predicted octanol–water partition coefficient (Wildman–Crippen LogP) is 3.83. The van der Waals surface area contributed by atoms with Crippen molar-refractivity contribution >= 4 is 29.0 Å². The fourth-order valence-electron chi connectivity index (χ4n) is 2.49. The first-order valence-electron chi connectivity index (χ1n) is 8.11. The van der Waals surface area contributed by atoms with Crippen molar-refractivity contribution in [2.45, 2.75) is 6.04 Å². The number of benzene rings is 2. The van der Waals surface area contributed by atoms with Gasteiger partial charge in [-0.25, -0.2) is 4.79 Å². The highest BCUT2D eigenvalue weighted by Crippen LogP contribution is 2.21. The van der Waals surface area contributed by atoms with Gasteiger partial charge in [-0.05, 0) is 56.1 Å². The van der Waals surface area contributed by atoms with E-state index in [1.807, 2.05) is 28.2 Å². The molecule has 25 heavy (non-hydrogen) atoms. The summed E-state index contributed by atoms with van der Waals surface area (Å²) < 4.78 is 0. The Kier molecular flexibility index (Phi) is 6.67. The SMILES string of the molecule is CN(C)c1ccc([C@@H](CNC(=O)Nc2ccc(Cl)cc2)N(C)C)cc1. The number of hydrogen-bond acceptors (Lipinski definition) is 3. The third kappa shape index (κ3) is 5.66. The molecule has 2 N–H and O–H groups in total. The summed E-state index contributed by atoms with van der Waals surface area (Å²) in [6, 6.07) is 15.2. The molecular formula is C19H25ClN4O. The zero-order valence-corrected chi connectivity index (χ0v) is 15.8. The first-order valence-corrected chi connectivity index (χ1v) is 8.48. The van der Waals surface area contributed by atoms with Crippen molar-refractivity contribution in [2.24, 2.45) is 0 Å². The van der Waals surface area contributed by atoms with Crippen molar-refractivity contribution in [1.29, 1.82) is 0 Å². The van der Waals surface area contributed by atoms with Gasteiger partial charge >= 0.3 is 6.03 Å². The molecule has 2 aromatic carbocycles. The van der Waals surface area contributed by atoms with Gasteiger partial charge in [-0.1, -0.05) is 23.7 Å². The molecule has 0 aliphatic carbocycles. The van der Waals surface area contributed by atoms with Crippen molar-refractivity contribution in [3.63, 3.8) is 0 Å². The van der Waals surface area contributed by atoms with Crippen LogP contribution in [0.5, 0.6) is 0 Å². The van der Waals surface area contributed by atoms with Crippen LogP contribution in [0.1, 0.15) is 11.6 Å². The summed E-state index contributed by atoms with van der Waals surface area (Å²) in [6.07, 6.45) is 0. The first kappa shape index (κ1) is 19.1. The van der Waals surface area contributed by atoms with Gasteiger partial charge in [-0.3, -0.25) is 0 Å². The second kappa shape index (κ2) is 8.74. The molecule has 0 heterocycles. The van der Waals surface area contributed by atoms with Crippen LogP contribution in [0.25, 0.3) is 0 Å². The summed E-state index contributed by atoms with van der Waals surface area (Å²) in [5, 5.41) is 6.37. The number of nitrogens with one attached hydrogen (secondary N) is 2. The van der Waals surface area contributed by atoms with Gasteiger partial charge in [-0.15, -0.1) is 0 Å². The molecule has 2 amide bonds. The Balaban J connectivity index is 1.96. The maximum Gasteiger partial charge on any atom is 0.319 e. The third-order valence-electron chi connectivity index (χ3n) is 3.98. The molecular weight excluding hydrogens is 336 g/mol. The number of likely N-dealkylation sites (N-methyl/N-ethyl adjacent to an activating group) is 1. The quantitative estimate of drug-likeness (QED) is 0.823. The number of hydrogen-bond donors (Lipinski definition) is 2. The summed E-state index contributed by atoms with van der Waals surface area (Å²) in [4.78, 5) is 16.3. The lowest BCUT2D eigenvalue weighted by atomic mass is 10.1. The number of rotatable bonds is 6. The van der Waals surface area contributed by atoms with Gasteiger partial charge in [0.05, 0.1) is 6.04 Å². The zero-order chi connectivity index (χ0) is 18.4. The van der Waals surface area contributed by atoms with E-state index in [0.29, 0.717) is 17.3 Å². The van der Waals surface area contributed by atoms with Crippen LogP contribution in [0.3, 0.4) is 0 Å². The highest BCUT2D eigenvalue weighted by atomic mass is 35.5. The smallest absolute Gasteiger partial charge is 0.319 e. The lowest BCUT2D eigenvalue weighted by Gasteiger charge is -2.26. The Morgan fingerprint density at radius 3 is 2.12 bits per heavy atom. The molecule has 1 atom stereocenters. The number of carbonyl (C=O) groups excluding carboxylic acids is 1. The molecule has 6 heteroatoms. The van der Waals surface area contributed by atoms with Gasteiger partial charge in [0.2, 0.25) is 0 Å². The van der Waals surface area contributed by atoms with Crippen LogP contribution in [0, 0.1) is 0 Å². The Morgan fingerprint density at radius 2 is 1.60 bits per heavy atom. The molecule has 0 saturated heterocycles. The van der Waals surface area contributed by atoms with E-state index in [1.165, 1.54) is 0 Å². The summed E-state index contributed by atoms with van der Waals surface area (Å²) in [6.45, 7) is 0.508. The molecule has 0 saturated carbocycles. The fraction of sp³-hybridized carbons (Fsp3) is 0.316. The number of anilines is 2. The largest absolute Gasteiger partial charge is 0.378 e. The summed E-state index contributed by atoms with van der Waals surface area (Å²) in [5.74, 6) is 0. The molecule has 2 aromatic rings. The fourth-order valence-corrected chi connectivity index (χ4v) is 2.62. The minimum Gasteiger partial charge on any atom is -0.378 e. The number of urea groups is 1. The Morgan fingerprint density at radius 1 is 1.00 bits per heavy atom. The van der Waals surface area contributed by atoms with Crippen LogP contribution in [0.4, 0.5) is 16.2 Å². The molecule has 0 aromatic heterocycles. The van der Waals surface area contributed by atoms with Gasteiger partial charge in [0.25, 0.3) is 0 Å². The highest BCUT2D eigenvalue weighted by molar-refractivity contribution is 6.30. The van der Waals surface area contributed by atoms with Crippen LogP contribution >= 0.6 is 11.6 Å². The van der Waals surface area contributed by atoms with E-state index >= 15 is 0 Å². The summed E-state index contributed by atoms with van der Waals surface area (Å²) >= 11 is 5.85. The molecule has 5 nitrogen and oxygen atoms in total. The molecule has 0 aliphatic rings. The Bertz CT molecular complexity index is 684. The van der Waals surface area contributed by atoms with Crippen molar-refractivity contribution in [3.8, 4) is 0 Å². The second-order valence-corrected chi connectivity index (χ2v) is 6.74. The number of carbonyl (C=O) groups is 1. The van der Waals surface area contributed by atoms with Gasteiger partial charge in [0.15, 0.2) is 0 Å². The predicted molar refractivity (Wildman–Crippen MR) is 106 cm³/mol. The van der Waals surface area contributed by atoms with Crippen LogP contribution in [-0.2, 0) is 0 Å². The van der Waals surface area contributed by atoms with Crippen LogP contribution in [-0.4, -0.2) is 45.7 Å². The van der Waals surface area contributed by atoms with E-state index in [9.17, 15) is 4.79 Å². The van der Waals surface area contributed by atoms with Crippen molar-refractivity contribution < 1.29 is 4.79 Å². The van der Waals surface area contributed by atoms with Crippen molar-refractivity contribution in [2.75, 3.05) is 45.0 Å². The molecule has 0 unspecified atom stereocenters. The van der Waals surface area contributed by atoms with E-state index in [2.05, 4.69) is 44.7 Å². The number of halogens is 1. The lowest BCUT2D eigenvalue weighted by Crippen LogP contribution is -2.36. The van der Waals surface area contributed by atoms with Gasteiger partial charge in [-0.2, -0.15) is 0 Å². The van der Waals surface area contributed by atoms with E-state index in [0.717, 1.165) is 11.3 Å². The van der Waals surface area contributed by atoms with E-state index in [-0.39, 0.29) is 12.1 Å². The van der Waals surface area contributed by atoms with Gasteiger partial charge < -0.3 is 20.4 Å². The number of amides is 2. The lowest BCUT2D eigenvalue weighted by molar-refractivity contribution is 0.243. The van der Waals surface area contributed by atoms with Crippen molar-refractivity contribution in [1.82, 2.24) is 10.2 Å². The highest BCUT2D eigenvalue weighted by Gasteiger charge is 2.15. The first-order chi connectivity index (χ1) is 11.9. The van der Waals surface area contributed by atoms with E-state index < -0.39 is 0 Å². The van der Waals surface area contributed by atoms with Crippen LogP contribution in [0.2, 0.25) is 5.02 Å². The minimum atomic E-state index is -0.237. The molecule has 2 rings (SSSR count). The molecule has 134 valence electrons. The average Bonchev–Trinajstić information content (AvgIpc) is 2.57. The maximum absolute atomic E-state index is 12.1. The van der Waals surface area contributed by atoms with E-state index in [1.54, 1.807) is 24.3 Å². The van der Waals surface area contributed by atoms with E-state index in [4.69, 9.17) is 11.6 Å². The summed E-state index contributed by atoms with van der Waals surface area (Å²) in [7, 11) is 8.04. The Hall–Kier alpha value is -2.24. The average molecular weight is 361 g/mol. The monoisotopic (exact) mass is 360 g/mol. The molecule has 0 bridgehead atoms. The topological polar surface area (TPSA) is 47.6 Å². The zero-order valence-electron chi connectivity index (χ0n) is 15.1. The number of nitrogens with zero attached hydrogens (tertiary/aromatic N) is 2. The summed E-state index contributed by atoms with van der Waals surface area (Å²) in [5.41, 5.74) is 3.01. The Labute approximate surface area is 154 Å². The van der Waals surface area contributed by atoms with Gasteiger partial charge in [0, 0.05) is 37.0 Å². The second-order valence-electron chi connectivity index (χ2n) is 6.31. The normalized spacial score (nSPS) is 11.9. The third-order valence-corrected chi connectivity index (χ3v) is 4.23. The van der Waals surface area contributed by atoms with Gasteiger partial charge in [0.1, 0.15) is 0 Å². The molecule has 0 spiro atoms. The molecule has 0 fully saturated rings. The minimum absolute atomic E-state index is 0.0900. The molecule has 0 radical (unpaired) electrons. The molecule has 0 aliphatic heterocycles. The maximum atomic E-state index is 12.1. The standard InChI is InChI=1S/C19H25ClN4O/c1-23(2)17-11-5-14(6-12-17)18(24(3)4)13-21-19(25)22-16-9-7-15(20)8-10-16/h5-12,18H,13H2,1-4H3,(H2,21,22,25)/t18-/m1/s1.